The normalized spacial score (nSPS) is 29.2. The van der Waals surface area contributed by atoms with E-state index < -0.39 is 0 Å². The second kappa shape index (κ2) is 5.18. The number of halogens is 1. The molecule has 2 unspecified atom stereocenters. The fourth-order valence-corrected chi connectivity index (χ4v) is 3.15. The summed E-state index contributed by atoms with van der Waals surface area (Å²) in [4.78, 5) is 0. The van der Waals surface area contributed by atoms with Crippen molar-refractivity contribution in [1.82, 2.24) is 5.32 Å². The fourth-order valence-electron chi connectivity index (χ4n) is 3.15. The Morgan fingerprint density at radius 3 is 2.88 bits per heavy atom. The lowest BCUT2D eigenvalue weighted by molar-refractivity contribution is 0.168. The van der Waals surface area contributed by atoms with Crippen LogP contribution < -0.4 is 5.32 Å². The Morgan fingerprint density at radius 1 is 1.41 bits per heavy atom. The van der Waals surface area contributed by atoms with Gasteiger partial charge in [-0.15, -0.1) is 0 Å². The van der Waals surface area contributed by atoms with Crippen molar-refractivity contribution < 1.29 is 4.39 Å². The maximum atomic E-state index is 13.9. The summed E-state index contributed by atoms with van der Waals surface area (Å²) in [5.74, 6) is 0.251. The molecule has 0 bridgehead atoms. The van der Waals surface area contributed by atoms with E-state index in [0.29, 0.717) is 5.92 Å². The molecule has 0 spiro atoms. The third kappa shape index (κ3) is 2.52. The number of hydrogen-bond donors (Lipinski definition) is 1. The van der Waals surface area contributed by atoms with Crippen LogP contribution in [0.4, 0.5) is 4.39 Å². The van der Waals surface area contributed by atoms with E-state index in [4.69, 9.17) is 0 Å². The van der Waals surface area contributed by atoms with E-state index in [9.17, 15) is 4.39 Å². The van der Waals surface area contributed by atoms with Gasteiger partial charge in [-0.1, -0.05) is 38.5 Å². The van der Waals surface area contributed by atoms with Crippen molar-refractivity contribution in [3.8, 4) is 0 Å². The average molecular weight is 235 g/mol. The zero-order chi connectivity index (χ0) is 12.3. The lowest BCUT2D eigenvalue weighted by Gasteiger charge is -2.42. The van der Waals surface area contributed by atoms with Crippen LogP contribution in [0, 0.1) is 11.2 Å². The number of piperidine rings is 1. The molecule has 1 aromatic rings. The van der Waals surface area contributed by atoms with Crippen molar-refractivity contribution in [3.05, 3.63) is 35.6 Å². The highest BCUT2D eigenvalue weighted by atomic mass is 19.1. The molecule has 1 fully saturated rings. The van der Waals surface area contributed by atoms with Crippen LogP contribution in [0.3, 0.4) is 0 Å². The Labute approximate surface area is 103 Å². The zero-order valence-corrected chi connectivity index (χ0v) is 10.8. The van der Waals surface area contributed by atoms with E-state index in [-0.39, 0.29) is 11.2 Å². The minimum Gasteiger partial charge on any atom is -0.316 e. The molecule has 0 aliphatic carbocycles. The van der Waals surface area contributed by atoms with Gasteiger partial charge < -0.3 is 5.32 Å². The molecule has 1 N–H and O–H groups in total. The predicted octanol–water partition coefficient (Wildman–Crippen LogP) is 3.71. The summed E-state index contributed by atoms with van der Waals surface area (Å²) in [5, 5.41) is 3.41. The van der Waals surface area contributed by atoms with Gasteiger partial charge in [0, 0.05) is 12.5 Å². The molecule has 94 valence electrons. The van der Waals surface area contributed by atoms with Crippen LogP contribution >= 0.6 is 0 Å². The second-order valence-corrected chi connectivity index (χ2v) is 5.43. The lowest BCUT2D eigenvalue weighted by atomic mass is 9.67. The van der Waals surface area contributed by atoms with Crippen LogP contribution in [0.15, 0.2) is 24.3 Å². The predicted molar refractivity (Wildman–Crippen MR) is 69.6 cm³/mol. The van der Waals surface area contributed by atoms with E-state index in [1.165, 1.54) is 12.8 Å². The molecule has 1 nitrogen and oxygen atoms in total. The minimum absolute atomic E-state index is 0.0523. The molecular weight excluding hydrogens is 213 g/mol. The summed E-state index contributed by atoms with van der Waals surface area (Å²) < 4.78 is 13.9. The monoisotopic (exact) mass is 235 g/mol. The van der Waals surface area contributed by atoms with Crippen LogP contribution in [-0.4, -0.2) is 13.1 Å². The molecule has 2 rings (SSSR count). The molecule has 0 radical (unpaired) electrons. The molecule has 0 saturated carbocycles. The quantitative estimate of drug-likeness (QED) is 0.842. The number of nitrogens with one attached hydrogen (secondary N) is 1. The highest BCUT2D eigenvalue weighted by Gasteiger charge is 2.37. The van der Waals surface area contributed by atoms with Crippen LogP contribution in [0.2, 0.25) is 0 Å². The van der Waals surface area contributed by atoms with Gasteiger partial charge in [0.25, 0.3) is 0 Å². The first-order valence-electron chi connectivity index (χ1n) is 6.62. The molecule has 1 heterocycles. The summed E-state index contributed by atoms with van der Waals surface area (Å²) in [5.41, 5.74) is 1.12. The second-order valence-electron chi connectivity index (χ2n) is 5.43. The summed E-state index contributed by atoms with van der Waals surface area (Å²) in [6.45, 7) is 6.49. The summed E-state index contributed by atoms with van der Waals surface area (Å²) >= 11 is 0. The number of hydrogen-bond acceptors (Lipinski definition) is 1. The van der Waals surface area contributed by atoms with Gasteiger partial charge in [-0.05, 0) is 36.4 Å². The van der Waals surface area contributed by atoms with Crippen molar-refractivity contribution in [2.24, 2.45) is 5.41 Å². The van der Waals surface area contributed by atoms with Crippen LogP contribution in [-0.2, 0) is 0 Å². The molecule has 1 aliphatic rings. The first kappa shape index (κ1) is 12.6. The van der Waals surface area contributed by atoms with E-state index in [1.54, 1.807) is 12.1 Å². The molecule has 0 amide bonds. The largest absolute Gasteiger partial charge is 0.316 e. The summed E-state index contributed by atoms with van der Waals surface area (Å²) in [6.07, 6.45) is 3.48. The van der Waals surface area contributed by atoms with Crippen molar-refractivity contribution in [1.29, 1.82) is 0 Å². The molecule has 1 aromatic carbocycles. The third-order valence-electron chi connectivity index (χ3n) is 4.16. The molecular formula is C15H22FN. The minimum atomic E-state index is -0.0523. The van der Waals surface area contributed by atoms with Crippen LogP contribution in [0.5, 0.6) is 0 Å². The Hall–Kier alpha value is -0.890. The maximum absolute atomic E-state index is 13.9. The van der Waals surface area contributed by atoms with Gasteiger partial charge in [0.05, 0.1) is 0 Å². The molecule has 0 aromatic heterocycles. The van der Waals surface area contributed by atoms with Crippen molar-refractivity contribution in [2.75, 3.05) is 13.1 Å². The van der Waals surface area contributed by atoms with Gasteiger partial charge in [-0.25, -0.2) is 4.39 Å². The van der Waals surface area contributed by atoms with Crippen LogP contribution in [0.1, 0.15) is 44.6 Å². The molecule has 1 aliphatic heterocycles. The standard InChI is InChI=1S/C15H22FN/c1-3-8-15(2)9-10-17-11-13(15)12-6-4-5-7-14(12)16/h4-7,13,17H,3,8-11H2,1-2H3. The summed E-state index contributed by atoms with van der Waals surface area (Å²) in [7, 11) is 0. The summed E-state index contributed by atoms with van der Waals surface area (Å²) in [6, 6.07) is 7.24. The van der Waals surface area contributed by atoms with Gasteiger partial charge >= 0.3 is 0 Å². The van der Waals surface area contributed by atoms with Gasteiger partial charge in [-0.3, -0.25) is 0 Å². The van der Waals surface area contributed by atoms with E-state index in [0.717, 1.165) is 25.1 Å². The highest BCUT2D eigenvalue weighted by Crippen LogP contribution is 2.44. The number of rotatable bonds is 3. The topological polar surface area (TPSA) is 12.0 Å². The molecule has 17 heavy (non-hydrogen) atoms. The smallest absolute Gasteiger partial charge is 0.126 e. The average Bonchev–Trinajstić information content (AvgIpc) is 2.31. The Balaban J connectivity index is 2.31. The van der Waals surface area contributed by atoms with Gasteiger partial charge in [0.2, 0.25) is 0 Å². The van der Waals surface area contributed by atoms with E-state index in [1.807, 2.05) is 12.1 Å². The Kier molecular flexibility index (Phi) is 3.82. The first-order valence-corrected chi connectivity index (χ1v) is 6.62. The van der Waals surface area contributed by atoms with Crippen molar-refractivity contribution in [3.63, 3.8) is 0 Å². The SMILES string of the molecule is CCCC1(C)CCNCC1c1ccccc1F. The van der Waals surface area contributed by atoms with Crippen molar-refractivity contribution in [2.45, 2.75) is 39.0 Å². The molecule has 1 saturated heterocycles. The van der Waals surface area contributed by atoms with Gasteiger partial charge in [-0.2, -0.15) is 0 Å². The van der Waals surface area contributed by atoms with Gasteiger partial charge in [0.1, 0.15) is 5.82 Å². The lowest BCUT2D eigenvalue weighted by Crippen LogP contribution is -2.42. The Morgan fingerprint density at radius 2 is 2.18 bits per heavy atom. The Bertz CT molecular complexity index is 373. The van der Waals surface area contributed by atoms with Crippen molar-refractivity contribution >= 4 is 0 Å². The van der Waals surface area contributed by atoms with Gasteiger partial charge in [0.15, 0.2) is 0 Å². The zero-order valence-electron chi connectivity index (χ0n) is 10.8. The third-order valence-corrected chi connectivity index (χ3v) is 4.16. The fraction of sp³-hybridized carbons (Fsp3) is 0.600. The molecule has 2 heteroatoms. The van der Waals surface area contributed by atoms with E-state index >= 15 is 0 Å². The maximum Gasteiger partial charge on any atom is 0.126 e. The number of benzene rings is 1. The highest BCUT2D eigenvalue weighted by molar-refractivity contribution is 5.25. The van der Waals surface area contributed by atoms with Crippen LogP contribution in [0.25, 0.3) is 0 Å². The first-order chi connectivity index (χ1) is 8.17. The molecule has 2 atom stereocenters. The van der Waals surface area contributed by atoms with E-state index in [2.05, 4.69) is 19.2 Å².